The van der Waals surface area contributed by atoms with Crippen molar-refractivity contribution in [2.75, 3.05) is 79.8 Å². The first kappa shape index (κ1) is 45.3. The van der Waals surface area contributed by atoms with E-state index in [-0.39, 0.29) is 62.4 Å². The molecule has 2 unspecified atom stereocenters. The lowest BCUT2D eigenvalue weighted by Gasteiger charge is -2.26. The molecule has 0 fully saturated rings. The number of fused-ring (bicyclic) bond motifs is 8. The fourth-order valence-corrected chi connectivity index (χ4v) is 9.18. The molecular weight excluding hydrogens is 873 g/mol. The molecule has 3 atom stereocenters. The average Bonchev–Trinajstić information content (AvgIpc) is 3.87. The van der Waals surface area contributed by atoms with E-state index in [2.05, 4.69) is 26.6 Å². The summed E-state index contributed by atoms with van der Waals surface area (Å²) in [6, 6.07) is 27.0. The van der Waals surface area contributed by atoms with Crippen LogP contribution in [0.5, 0.6) is 23.0 Å². The summed E-state index contributed by atoms with van der Waals surface area (Å²) < 4.78 is 24.3. The minimum Gasteiger partial charge on any atom is -0.493 e. The third-order valence-corrected chi connectivity index (χ3v) is 12.6. The number of likely N-dealkylation sites (N-methyl/N-ethyl adjacent to an activating group) is 2. The molecule has 5 aromatic rings. The molecule has 4 heterocycles. The van der Waals surface area contributed by atoms with E-state index in [4.69, 9.17) is 18.9 Å². The lowest BCUT2D eigenvalue weighted by molar-refractivity contribution is -0.126. The number of aliphatic hydroxyl groups excluding tert-OH is 1. The molecule has 0 saturated carbocycles. The van der Waals surface area contributed by atoms with Gasteiger partial charge in [0.2, 0.25) is 17.7 Å². The summed E-state index contributed by atoms with van der Waals surface area (Å²) >= 11 is 0. The number of benzene rings is 5. The van der Waals surface area contributed by atoms with Crippen molar-refractivity contribution < 1.29 is 48.0 Å². The highest BCUT2D eigenvalue weighted by molar-refractivity contribution is 6.13. The quantitative estimate of drug-likeness (QED) is 0.0888. The zero-order valence-corrected chi connectivity index (χ0v) is 38.0. The minimum absolute atomic E-state index is 0.00399. The van der Waals surface area contributed by atoms with E-state index in [1.807, 2.05) is 59.5 Å². The molecule has 0 bridgehead atoms. The van der Waals surface area contributed by atoms with Crippen LogP contribution in [0.3, 0.4) is 0 Å². The molecule has 0 aromatic heterocycles. The molecule has 0 radical (unpaired) electrons. The summed E-state index contributed by atoms with van der Waals surface area (Å²) in [7, 11) is 6.17. The predicted octanol–water partition coefficient (Wildman–Crippen LogP) is 3.59. The Labute approximate surface area is 392 Å². The number of methoxy groups -OCH3 is 2. The van der Waals surface area contributed by atoms with Crippen LogP contribution in [-0.4, -0.2) is 107 Å². The number of amides is 5. The van der Waals surface area contributed by atoms with Crippen LogP contribution in [0.1, 0.15) is 43.0 Å². The second-order valence-electron chi connectivity index (χ2n) is 16.9. The summed E-state index contributed by atoms with van der Waals surface area (Å²) in [5.41, 5.74) is 7.19. The minimum atomic E-state index is -1.08. The van der Waals surface area contributed by atoms with Gasteiger partial charge in [0.15, 0.2) is 23.0 Å². The Balaban J connectivity index is 0.970. The van der Waals surface area contributed by atoms with Gasteiger partial charge in [-0.05, 0) is 84.6 Å². The Morgan fingerprint density at radius 1 is 0.706 bits per heavy atom. The fourth-order valence-electron chi connectivity index (χ4n) is 9.18. The van der Waals surface area contributed by atoms with Crippen LogP contribution in [0, 0.1) is 0 Å². The summed E-state index contributed by atoms with van der Waals surface area (Å²) in [4.78, 5) is 70.9. The first-order valence-corrected chi connectivity index (χ1v) is 22.2. The number of anilines is 5. The van der Waals surface area contributed by atoms with Gasteiger partial charge in [-0.3, -0.25) is 24.0 Å². The fraction of sp³-hybridized carbons (Fsp3) is 0.300. The second kappa shape index (κ2) is 19.2. The van der Waals surface area contributed by atoms with Crippen molar-refractivity contribution in [2.24, 2.45) is 0 Å². The number of rotatable bonds is 15. The van der Waals surface area contributed by atoms with E-state index >= 15 is 0 Å². The lowest BCUT2D eigenvalue weighted by Crippen LogP contribution is -2.45. The normalized spacial score (nSPS) is 17.3. The number of nitrogens with zero attached hydrogens (tertiary/aromatic N) is 3. The zero-order chi connectivity index (χ0) is 47.6. The smallest absolute Gasteiger partial charge is 0.260 e. The van der Waals surface area contributed by atoms with Crippen molar-refractivity contribution in [3.8, 4) is 23.0 Å². The van der Waals surface area contributed by atoms with Gasteiger partial charge in [0.05, 0.1) is 68.4 Å². The van der Waals surface area contributed by atoms with E-state index in [0.717, 1.165) is 28.9 Å². The molecule has 4 aliphatic rings. The van der Waals surface area contributed by atoms with Crippen LogP contribution in [-0.2, 0) is 40.4 Å². The molecule has 0 spiro atoms. The highest BCUT2D eigenvalue weighted by Crippen LogP contribution is 2.43. The lowest BCUT2D eigenvalue weighted by atomic mass is 10.1. The van der Waals surface area contributed by atoms with Gasteiger partial charge in [0, 0.05) is 42.8 Å². The van der Waals surface area contributed by atoms with Crippen molar-refractivity contribution >= 4 is 58.0 Å². The van der Waals surface area contributed by atoms with Crippen molar-refractivity contribution in [3.63, 3.8) is 0 Å². The molecule has 68 heavy (non-hydrogen) atoms. The molecule has 0 aliphatic carbocycles. The second-order valence-corrected chi connectivity index (χ2v) is 16.9. The number of ether oxygens (including phenoxy) is 4. The van der Waals surface area contributed by atoms with Crippen LogP contribution in [0.2, 0.25) is 0 Å². The molecule has 5 amide bonds. The molecule has 18 nitrogen and oxygen atoms in total. The third-order valence-electron chi connectivity index (χ3n) is 12.6. The van der Waals surface area contributed by atoms with Crippen LogP contribution >= 0.6 is 0 Å². The predicted molar refractivity (Wildman–Crippen MR) is 254 cm³/mol. The summed E-state index contributed by atoms with van der Waals surface area (Å²) in [5.74, 6) is -0.454. The number of hydrogen-bond acceptors (Lipinski definition) is 13. The van der Waals surface area contributed by atoms with Crippen molar-refractivity contribution in [1.29, 1.82) is 0 Å². The van der Waals surface area contributed by atoms with Crippen molar-refractivity contribution in [3.05, 3.63) is 124 Å². The highest BCUT2D eigenvalue weighted by Gasteiger charge is 2.42. The molecule has 18 heteroatoms. The maximum atomic E-state index is 14.1. The highest BCUT2D eigenvalue weighted by atomic mass is 16.5. The van der Waals surface area contributed by atoms with Gasteiger partial charge < -0.3 is 65.3 Å². The average molecular weight is 925 g/mol. The summed E-state index contributed by atoms with van der Waals surface area (Å²) in [6.45, 7) is -0.0981. The van der Waals surface area contributed by atoms with Gasteiger partial charge in [-0.2, -0.15) is 0 Å². The molecule has 4 aliphatic heterocycles. The van der Waals surface area contributed by atoms with E-state index < -0.39 is 24.1 Å². The SMILES string of the molecule is CNCC(=O)NCC(=O)NCC(=O)N(C)c1cc(COc2cc3c(cc2OC)C(=O)N2c4ccccc4CC2CN3)cc(COc2cc3c(cc2OC)C(=O)N2c4ccccc4CC2[C@@H](O)N3)c1. The standard InChI is InChI=1S/C50H52N8O10/c1-51-23-45(59)53-24-46(60)54-25-47(61)56(2)32-14-28(26-67-43-20-36-34(18-41(43)65-3)49(63)57-33(22-52-36)16-30-9-5-7-11-38(30)57)13-29(15-32)27-68-44-21-37-35(19-42(44)66-4)50(64)58-39-12-8-6-10-31(39)17-40(58)48(62)55-37/h5-15,18-21,33,40,48,51-52,55,62H,16-17,22-27H2,1-4H3,(H,53,59)(H,54,60)/t33?,40?,48-/m1/s1. The van der Waals surface area contributed by atoms with Gasteiger partial charge in [-0.15, -0.1) is 0 Å². The third kappa shape index (κ3) is 8.90. The molecule has 6 N–H and O–H groups in total. The maximum absolute atomic E-state index is 14.1. The number of nitrogens with one attached hydrogen (secondary N) is 5. The Bertz CT molecular complexity index is 2820. The molecule has 9 rings (SSSR count). The number of hydrogen-bond donors (Lipinski definition) is 6. The zero-order valence-electron chi connectivity index (χ0n) is 38.0. The monoisotopic (exact) mass is 924 g/mol. The Morgan fingerprint density at radius 2 is 1.26 bits per heavy atom. The topological polar surface area (TPSA) is 212 Å². The van der Waals surface area contributed by atoms with Gasteiger partial charge in [0.1, 0.15) is 19.4 Å². The Kier molecular flexibility index (Phi) is 12.8. The first-order chi connectivity index (χ1) is 32.9. The summed E-state index contributed by atoms with van der Waals surface area (Å²) in [5, 5.41) is 25.7. The van der Waals surface area contributed by atoms with Crippen molar-refractivity contribution in [2.45, 2.75) is 44.4 Å². The van der Waals surface area contributed by atoms with E-state index in [0.29, 0.717) is 69.5 Å². The Morgan fingerprint density at radius 3 is 1.91 bits per heavy atom. The molecule has 5 aromatic carbocycles. The van der Waals surface area contributed by atoms with Crippen LogP contribution in [0.25, 0.3) is 0 Å². The van der Waals surface area contributed by atoms with E-state index in [9.17, 15) is 29.1 Å². The maximum Gasteiger partial charge on any atom is 0.260 e. The van der Waals surface area contributed by atoms with Crippen LogP contribution in [0.4, 0.5) is 28.4 Å². The van der Waals surface area contributed by atoms with Gasteiger partial charge in [-0.25, -0.2) is 0 Å². The molecule has 0 saturated heterocycles. The largest absolute Gasteiger partial charge is 0.493 e. The van der Waals surface area contributed by atoms with Crippen molar-refractivity contribution in [1.82, 2.24) is 16.0 Å². The number of carbonyl (C=O) groups excluding carboxylic acids is 5. The van der Waals surface area contributed by atoms with E-state index in [1.165, 1.54) is 19.1 Å². The molecule has 352 valence electrons. The van der Waals surface area contributed by atoms with Crippen LogP contribution < -0.4 is 60.2 Å². The van der Waals surface area contributed by atoms with Crippen LogP contribution in [0.15, 0.2) is 91.0 Å². The number of aliphatic hydroxyl groups is 1. The number of carbonyl (C=O) groups is 5. The first-order valence-electron chi connectivity index (χ1n) is 22.2. The van der Waals surface area contributed by atoms with Gasteiger partial charge >= 0.3 is 0 Å². The number of para-hydroxylation sites is 2. The Hall–Kier alpha value is -7.83. The van der Waals surface area contributed by atoms with Gasteiger partial charge in [-0.1, -0.05) is 36.4 Å². The molecular formula is C50H52N8O10. The summed E-state index contributed by atoms with van der Waals surface area (Å²) in [6.07, 6.45) is 0.140. The van der Waals surface area contributed by atoms with Gasteiger partial charge in [0.25, 0.3) is 11.8 Å². The van der Waals surface area contributed by atoms with E-state index in [1.54, 1.807) is 55.4 Å².